The molecular weight excluding hydrogens is 329 g/mol. The van der Waals surface area contributed by atoms with Gasteiger partial charge in [-0.15, -0.1) is 0 Å². The molecule has 0 saturated heterocycles. The lowest BCUT2D eigenvalue weighted by atomic mass is 10.2. The van der Waals surface area contributed by atoms with E-state index in [2.05, 4.69) is 20.9 Å². The zero-order chi connectivity index (χ0) is 14.5. The number of carbonyl (C=O) groups excluding carboxylic acids is 1. The molecule has 0 aliphatic heterocycles. The zero-order valence-electron chi connectivity index (χ0n) is 10.1. The molecule has 0 unspecified atom stereocenters. The number of methoxy groups -OCH3 is 1. The Bertz CT molecular complexity index is 440. The van der Waals surface area contributed by atoms with Crippen molar-refractivity contribution in [3.63, 3.8) is 0 Å². The van der Waals surface area contributed by atoms with Crippen LogP contribution in [0.25, 0.3) is 0 Å². The Morgan fingerprint density at radius 3 is 2.74 bits per heavy atom. The van der Waals surface area contributed by atoms with Crippen molar-refractivity contribution in [2.75, 3.05) is 25.5 Å². The number of nitrogens with zero attached hydrogens (tertiary/aromatic N) is 2. The minimum atomic E-state index is -4.45. The number of ether oxygens (including phenoxy) is 1. The first-order valence-electron chi connectivity index (χ1n) is 5.29. The summed E-state index contributed by atoms with van der Waals surface area (Å²) in [5.41, 5.74) is 0.0581. The molecule has 0 spiro atoms. The van der Waals surface area contributed by atoms with E-state index in [9.17, 15) is 18.0 Å². The number of amides is 1. The number of halogens is 4. The summed E-state index contributed by atoms with van der Waals surface area (Å²) in [7, 11) is 1.33. The number of carbonyl (C=O) groups is 1. The van der Waals surface area contributed by atoms with Crippen molar-refractivity contribution in [3.8, 4) is 5.75 Å². The van der Waals surface area contributed by atoms with Crippen LogP contribution in [0.3, 0.4) is 0 Å². The van der Waals surface area contributed by atoms with Crippen LogP contribution in [0.2, 0.25) is 0 Å². The van der Waals surface area contributed by atoms with Crippen LogP contribution >= 0.6 is 15.9 Å². The SMILES string of the molecule is COc1cnccc1C(=O)N(CCBr)CC(F)(F)F. The molecule has 0 radical (unpaired) electrons. The molecule has 1 heterocycles. The van der Waals surface area contributed by atoms with Crippen molar-refractivity contribution in [3.05, 3.63) is 24.0 Å². The monoisotopic (exact) mass is 340 g/mol. The highest BCUT2D eigenvalue weighted by atomic mass is 79.9. The summed E-state index contributed by atoms with van der Waals surface area (Å²) >= 11 is 3.03. The summed E-state index contributed by atoms with van der Waals surface area (Å²) < 4.78 is 42.2. The van der Waals surface area contributed by atoms with Gasteiger partial charge in [-0.05, 0) is 6.07 Å². The zero-order valence-corrected chi connectivity index (χ0v) is 11.7. The molecule has 106 valence electrons. The molecule has 1 rings (SSSR count). The maximum absolute atomic E-state index is 12.4. The predicted octanol–water partition coefficient (Wildman–Crippen LogP) is 2.49. The largest absolute Gasteiger partial charge is 0.494 e. The minimum Gasteiger partial charge on any atom is -0.494 e. The van der Waals surface area contributed by atoms with E-state index in [1.54, 1.807) is 0 Å². The summed E-state index contributed by atoms with van der Waals surface area (Å²) in [6.07, 6.45) is -1.83. The average molecular weight is 341 g/mol. The van der Waals surface area contributed by atoms with Gasteiger partial charge in [0.1, 0.15) is 12.3 Å². The molecule has 0 aromatic carbocycles. The second-order valence-electron chi connectivity index (χ2n) is 3.61. The van der Waals surface area contributed by atoms with Gasteiger partial charge in [-0.25, -0.2) is 0 Å². The van der Waals surface area contributed by atoms with Gasteiger partial charge in [0.25, 0.3) is 5.91 Å². The van der Waals surface area contributed by atoms with Crippen LogP contribution in [-0.2, 0) is 0 Å². The lowest BCUT2D eigenvalue weighted by Gasteiger charge is -2.23. The average Bonchev–Trinajstić information content (AvgIpc) is 2.36. The molecule has 0 aliphatic rings. The number of aromatic nitrogens is 1. The van der Waals surface area contributed by atoms with Crippen LogP contribution in [0, 0.1) is 0 Å². The van der Waals surface area contributed by atoms with Gasteiger partial charge in [-0.3, -0.25) is 9.78 Å². The highest BCUT2D eigenvalue weighted by Crippen LogP contribution is 2.22. The molecule has 0 saturated carbocycles. The summed E-state index contributed by atoms with van der Waals surface area (Å²) in [5.74, 6) is -0.592. The fourth-order valence-electron chi connectivity index (χ4n) is 1.46. The molecule has 4 nitrogen and oxygen atoms in total. The molecule has 0 aliphatic carbocycles. The Kier molecular flexibility index (Phi) is 5.59. The van der Waals surface area contributed by atoms with Crippen LogP contribution in [-0.4, -0.2) is 47.5 Å². The molecule has 0 N–H and O–H groups in total. The second-order valence-corrected chi connectivity index (χ2v) is 4.40. The van der Waals surface area contributed by atoms with Gasteiger partial charge >= 0.3 is 6.18 Å². The van der Waals surface area contributed by atoms with Gasteiger partial charge in [0.05, 0.1) is 18.9 Å². The van der Waals surface area contributed by atoms with Crippen LogP contribution in [0.1, 0.15) is 10.4 Å². The molecular formula is C11H12BrF3N2O2. The van der Waals surface area contributed by atoms with E-state index in [0.717, 1.165) is 0 Å². The molecule has 0 atom stereocenters. The van der Waals surface area contributed by atoms with Crippen molar-refractivity contribution in [2.45, 2.75) is 6.18 Å². The number of alkyl halides is 4. The Labute approximate surface area is 116 Å². The van der Waals surface area contributed by atoms with Gasteiger partial charge < -0.3 is 9.64 Å². The third-order valence-corrected chi connectivity index (χ3v) is 2.60. The Morgan fingerprint density at radius 2 is 2.21 bits per heavy atom. The molecule has 0 fully saturated rings. The van der Waals surface area contributed by atoms with E-state index in [0.29, 0.717) is 4.90 Å². The molecule has 1 aromatic rings. The molecule has 1 aromatic heterocycles. The van der Waals surface area contributed by atoms with Crippen molar-refractivity contribution < 1.29 is 22.7 Å². The van der Waals surface area contributed by atoms with Crippen molar-refractivity contribution in [1.29, 1.82) is 0 Å². The third-order valence-electron chi connectivity index (χ3n) is 2.25. The quantitative estimate of drug-likeness (QED) is 0.773. The molecule has 1 amide bonds. The summed E-state index contributed by atoms with van der Waals surface area (Å²) in [6.45, 7) is -1.35. The van der Waals surface area contributed by atoms with E-state index in [1.807, 2.05) is 0 Å². The minimum absolute atomic E-state index is 0.0518. The third kappa shape index (κ3) is 4.70. The highest BCUT2D eigenvalue weighted by Gasteiger charge is 2.33. The Hall–Kier alpha value is -1.31. The van der Waals surface area contributed by atoms with Gasteiger partial charge in [0.15, 0.2) is 0 Å². The predicted molar refractivity (Wildman–Crippen MR) is 66.5 cm³/mol. The Balaban J connectivity index is 2.99. The van der Waals surface area contributed by atoms with Gasteiger partial charge in [0.2, 0.25) is 0 Å². The number of hydrogen-bond acceptors (Lipinski definition) is 3. The summed E-state index contributed by atoms with van der Waals surface area (Å²) in [4.78, 5) is 16.6. The maximum atomic E-state index is 12.4. The fourth-order valence-corrected chi connectivity index (χ4v) is 1.89. The lowest BCUT2D eigenvalue weighted by Crippen LogP contribution is -2.40. The normalized spacial score (nSPS) is 11.2. The van der Waals surface area contributed by atoms with Crippen LogP contribution in [0.5, 0.6) is 5.75 Å². The first kappa shape index (κ1) is 15.7. The van der Waals surface area contributed by atoms with Gasteiger partial charge in [0, 0.05) is 18.1 Å². The van der Waals surface area contributed by atoms with E-state index < -0.39 is 18.6 Å². The summed E-state index contributed by atoms with van der Waals surface area (Å²) in [5, 5.41) is 0.252. The first-order chi connectivity index (χ1) is 8.89. The van der Waals surface area contributed by atoms with Gasteiger partial charge in [-0.1, -0.05) is 15.9 Å². The van der Waals surface area contributed by atoms with E-state index in [1.165, 1.54) is 25.6 Å². The van der Waals surface area contributed by atoms with E-state index in [4.69, 9.17) is 4.74 Å². The topological polar surface area (TPSA) is 42.4 Å². The standard InChI is InChI=1S/C11H12BrF3N2O2/c1-19-9-6-16-4-2-8(9)10(18)17(5-3-12)7-11(13,14)15/h2,4,6H,3,5,7H2,1H3. The van der Waals surface area contributed by atoms with Crippen molar-refractivity contribution in [1.82, 2.24) is 9.88 Å². The van der Waals surface area contributed by atoms with E-state index >= 15 is 0 Å². The number of rotatable bonds is 5. The smallest absolute Gasteiger partial charge is 0.406 e. The fraction of sp³-hybridized carbons (Fsp3) is 0.455. The summed E-state index contributed by atoms with van der Waals surface area (Å²) in [6, 6.07) is 1.33. The maximum Gasteiger partial charge on any atom is 0.406 e. The van der Waals surface area contributed by atoms with Crippen LogP contribution in [0.15, 0.2) is 18.5 Å². The van der Waals surface area contributed by atoms with Crippen LogP contribution in [0.4, 0.5) is 13.2 Å². The Morgan fingerprint density at radius 1 is 1.53 bits per heavy atom. The highest BCUT2D eigenvalue weighted by molar-refractivity contribution is 9.09. The van der Waals surface area contributed by atoms with Crippen LogP contribution < -0.4 is 4.74 Å². The van der Waals surface area contributed by atoms with E-state index in [-0.39, 0.29) is 23.2 Å². The lowest BCUT2D eigenvalue weighted by molar-refractivity contribution is -0.140. The van der Waals surface area contributed by atoms with Crippen molar-refractivity contribution in [2.24, 2.45) is 0 Å². The first-order valence-corrected chi connectivity index (χ1v) is 6.41. The van der Waals surface area contributed by atoms with Gasteiger partial charge in [-0.2, -0.15) is 13.2 Å². The molecule has 8 heteroatoms. The van der Waals surface area contributed by atoms with Crippen molar-refractivity contribution >= 4 is 21.8 Å². The molecule has 0 bridgehead atoms. The molecule has 19 heavy (non-hydrogen) atoms. The number of hydrogen-bond donors (Lipinski definition) is 0. The second kappa shape index (κ2) is 6.74. The number of pyridine rings is 1.